The second kappa shape index (κ2) is 7.60. The van der Waals surface area contributed by atoms with Crippen LogP contribution in [0.15, 0.2) is 36.7 Å². The SMILES string of the molecule is Cn1cnc2c1C(C(=O)NC1CC1)CN(CCOCc1ccccc1)C2. The summed E-state index contributed by atoms with van der Waals surface area (Å²) in [4.78, 5) is 19.5. The smallest absolute Gasteiger partial charge is 0.230 e. The van der Waals surface area contributed by atoms with E-state index in [9.17, 15) is 4.79 Å². The molecule has 1 aromatic carbocycles. The van der Waals surface area contributed by atoms with Gasteiger partial charge in [-0.3, -0.25) is 9.69 Å². The molecule has 1 saturated carbocycles. The van der Waals surface area contributed by atoms with Gasteiger partial charge in [0.25, 0.3) is 0 Å². The van der Waals surface area contributed by atoms with E-state index in [1.807, 2.05) is 36.1 Å². The average molecular weight is 354 g/mol. The van der Waals surface area contributed by atoms with E-state index in [1.54, 1.807) is 0 Å². The summed E-state index contributed by atoms with van der Waals surface area (Å²) in [5.41, 5.74) is 3.25. The van der Waals surface area contributed by atoms with Crippen molar-refractivity contribution in [3.8, 4) is 0 Å². The molecule has 2 aliphatic rings. The molecule has 1 amide bonds. The van der Waals surface area contributed by atoms with Crippen LogP contribution in [0.5, 0.6) is 0 Å². The molecular formula is C20H26N4O2. The highest BCUT2D eigenvalue weighted by Crippen LogP contribution is 2.29. The van der Waals surface area contributed by atoms with Crippen LogP contribution in [0.1, 0.15) is 35.7 Å². The number of imidazole rings is 1. The maximum Gasteiger partial charge on any atom is 0.230 e. The molecule has 1 aliphatic heterocycles. The van der Waals surface area contributed by atoms with Gasteiger partial charge < -0.3 is 14.6 Å². The van der Waals surface area contributed by atoms with Crippen molar-refractivity contribution >= 4 is 5.91 Å². The van der Waals surface area contributed by atoms with Crippen LogP contribution in [0.25, 0.3) is 0 Å². The second-order valence-electron chi connectivity index (χ2n) is 7.30. The summed E-state index contributed by atoms with van der Waals surface area (Å²) in [7, 11) is 1.97. The standard InChI is InChI=1S/C20H26N4O2/c1-23-14-21-18-12-24(9-10-26-13-15-5-3-2-4-6-15)11-17(19(18)23)20(25)22-16-7-8-16/h2-6,14,16-17H,7-13H2,1H3,(H,22,25). The lowest BCUT2D eigenvalue weighted by molar-refractivity contribution is -0.123. The number of aryl methyl sites for hydroxylation is 1. The van der Waals surface area contributed by atoms with E-state index in [0.717, 1.165) is 43.9 Å². The Balaban J connectivity index is 1.34. The Kier molecular flexibility index (Phi) is 5.04. The molecule has 1 atom stereocenters. The first-order valence-electron chi connectivity index (χ1n) is 9.35. The molecular weight excluding hydrogens is 328 g/mol. The van der Waals surface area contributed by atoms with Crippen LogP contribution in [0, 0.1) is 0 Å². The Morgan fingerprint density at radius 1 is 1.31 bits per heavy atom. The maximum absolute atomic E-state index is 12.7. The molecule has 2 heterocycles. The first kappa shape index (κ1) is 17.2. The van der Waals surface area contributed by atoms with Crippen molar-refractivity contribution in [3.63, 3.8) is 0 Å². The predicted molar refractivity (Wildman–Crippen MR) is 98.5 cm³/mol. The zero-order chi connectivity index (χ0) is 17.9. The third-order valence-corrected chi connectivity index (χ3v) is 5.11. The molecule has 1 aromatic heterocycles. The van der Waals surface area contributed by atoms with Gasteiger partial charge in [-0.05, 0) is 18.4 Å². The molecule has 0 saturated heterocycles. The van der Waals surface area contributed by atoms with Crippen molar-refractivity contribution in [2.75, 3.05) is 19.7 Å². The van der Waals surface area contributed by atoms with Gasteiger partial charge in [0.05, 0.1) is 36.8 Å². The number of carbonyl (C=O) groups excluding carboxylic acids is 1. The minimum Gasteiger partial charge on any atom is -0.375 e. The fourth-order valence-corrected chi connectivity index (χ4v) is 3.54. The zero-order valence-electron chi connectivity index (χ0n) is 15.2. The van der Waals surface area contributed by atoms with Gasteiger partial charge in [0, 0.05) is 32.7 Å². The number of rotatable bonds is 7. The summed E-state index contributed by atoms with van der Waals surface area (Å²) in [6, 6.07) is 10.6. The van der Waals surface area contributed by atoms with Crippen LogP contribution < -0.4 is 5.32 Å². The summed E-state index contributed by atoms with van der Waals surface area (Å²) in [5.74, 6) is -0.0202. The van der Waals surface area contributed by atoms with E-state index in [2.05, 4.69) is 27.3 Å². The van der Waals surface area contributed by atoms with Crippen molar-refractivity contribution in [1.29, 1.82) is 0 Å². The first-order valence-corrected chi connectivity index (χ1v) is 9.35. The van der Waals surface area contributed by atoms with Crippen LogP contribution in [0.2, 0.25) is 0 Å². The van der Waals surface area contributed by atoms with Gasteiger partial charge in [-0.15, -0.1) is 0 Å². The number of hydrogen-bond acceptors (Lipinski definition) is 4. The number of fused-ring (bicyclic) bond motifs is 1. The third kappa shape index (κ3) is 3.97. The van der Waals surface area contributed by atoms with Crippen LogP contribution in [0.4, 0.5) is 0 Å². The molecule has 2 aromatic rings. The van der Waals surface area contributed by atoms with Crippen LogP contribution in [0.3, 0.4) is 0 Å². The summed E-state index contributed by atoms with van der Waals surface area (Å²) >= 11 is 0. The Morgan fingerprint density at radius 2 is 2.12 bits per heavy atom. The number of carbonyl (C=O) groups is 1. The van der Waals surface area contributed by atoms with Crippen LogP contribution in [-0.4, -0.2) is 46.1 Å². The van der Waals surface area contributed by atoms with Crippen molar-refractivity contribution in [1.82, 2.24) is 19.8 Å². The molecule has 6 heteroatoms. The van der Waals surface area contributed by atoms with Gasteiger partial charge in [0.1, 0.15) is 0 Å². The van der Waals surface area contributed by atoms with E-state index < -0.39 is 0 Å². The molecule has 4 rings (SSSR count). The quantitative estimate of drug-likeness (QED) is 0.771. The van der Waals surface area contributed by atoms with Gasteiger partial charge >= 0.3 is 0 Å². The number of amides is 1. The third-order valence-electron chi connectivity index (χ3n) is 5.11. The highest BCUT2D eigenvalue weighted by Gasteiger charge is 2.35. The molecule has 0 radical (unpaired) electrons. The first-order chi connectivity index (χ1) is 12.7. The number of nitrogens with zero attached hydrogens (tertiary/aromatic N) is 3. The summed E-state index contributed by atoms with van der Waals surface area (Å²) in [6.45, 7) is 3.57. The summed E-state index contributed by atoms with van der Waals surface area (Å²) in [6.07, 6.45) is 4.03. The lowest BCUT2D eigenvalue weighted by Crippen LogP contribution is -2.43. The number of aromatic nitrogens is 2. The monoisotopic (exact) mass is 354 g/mol. The Bertz CT molecular complexity index is 754. The van der Waals surface area contributed by atoms with Crippen molar-refractivity contribution < 1.29 is 9.53 Å². The molecule has 6 nitrogen and oxygen atoms in total. The zero-order valence-corrected chi connectivity index (χ0v) is 15.2. The molecule has 26 heavy (non-hydrogen) atoms. The van der Waals surface area contributed by atoms with Gasteiger partial charge in [-0.1, -0.05) is 30.3 Å². The predicted octanol–water partition coefficient (Wildman–Crippen LogP) is 1.81. The highest BCUT2D eigenvalue weighted by molar-refractivity contribution is 5.84. The van der Waals surface area contributed by atoms with Gasteiger partial charge in [0.15, 0.2) is 0 Å². The van der Waals surface area contributed by atoms with Crippen molar-refractivity contribution in [2.24, 2.45) is 7.05 Å². The van der Waals surface area contributed by atoms with E-state index in [1.165, 1.54) is 5.56 Å². The van der Waals surface area contributed by atoms with E-state index >= 15 is 0 Å². The molecule has 0 bridgehead atoms. The Labute approximate surface area is 154 Å². The number of nitrogens with one attached hydrogen (secondary N) is 1. The van der Waals surface area contributed by atoms with E-state index in [4.69, 9.17) is 4.74 Å². The maximum atomic E-state index is 12.7. The lowest BCUT2D eigenvalue weighted by Gasteiger charge is -2.32. The average Bonchev–Trinajstić information content (AvgIpc) is 3.40. The molecule has 1 unspecified atom stereocenters. The minimum atomic E-state index is -0.152. The normalized spacial score (nSPS) is 20.0. The summed E-state index contributed by atoms with van der Waals surface area (Å²) in [5, 5.41) is 3.15. The topological polar surface area (TPSA) is 59.4 Å². The number of benzene rings is 1. The fourth-order valence-electron chi connectivity index (χ4n) is 3.54. The molecule has 138 valence electrons. The largest absolute Gasteiger partial charge is 0.375 e. The molecule has 0 spiro atoms. The summed E-state index contributed by atoms with van der Waals surface area (Å²) < 4.78 is 7.81. The highest BCUT2D eigenvalue weighted by atomic mass is 16.5. The number of hydrogen-bond donors (Lipinski definition) is 1. The van der Waals surface area contributed by atoms with Gasteiger partial charge in [-0.2, -0.15) is 0 Å². The van der Waals surface area contributed by atoms with Gasteiger partial charge in [0.2, 0.25) is 5.91 Å². The van der Waals surface area contributed by atoms with Crippen LogP contribution in [-0.2, 0) is 29.7 Å². The van der Waals surface area contributed by atoms with Crippen molar-refractivity contribution in [3.05, 3.63) is 53.6 Å². The second-order valence-corrected chi connectivity index (χ2v) is 7.30. The van der Waals surface area contributed by atoms with E-state index in [-0.39, 0.29) is 11.8 Å². The van der Waals surface area contributed by atoms with E-state index in [0.29, 0.717) is 19.3 Å². The van der Waals surface area contributed by atoms with Crippen LogP contribution >= 0.6 is 0 Å². The fraction of sp³-hybridized carbons (Fsp3) is 0.500. The Hall–Kier alpha value is -2.18. The van der Waals surface area contributed by atoms with Gasteiger partial charge in [-0.25, -0.2) is 4.98 Å². The minimum absolute atomic E-state index is 0.132. The lowest BCUT2D eigenvalue weighted by atomic mass is 9.97. The molecule has 1 aliphatic carbocycles. The van der Waals surface area contributed by atoms with Crippen molar-refractivity contribution in [2.45, 2.75) is 38.0 Å². The molecule has 1 fully saturated rings. The molecule has 1 N–H and O–H groups in total. The number of ether oxygens (including phenoxy) is 1. The Morgan fingerprint density at radius 3 is 2.88 bits per heavy atom.